The second-order valence-electron chi connectivity index (χ2n) is 4.34. The smallest absolute Gasteiger partial charge is 0.254 e. The molecule has 3 N–H and O–H groups in total. The molecule has 7 nitrogen and oxygen atoms in total. The van der Waals surface area contributed by atoms with E-state index in [1.165, 1.54) is 6.07 Å². The number of methoxy groups -OCH3 is 2. The number of rotatable bonds is 9. The summed E-state index contributed by atoms with van der Waals surface area (Å²) in [7, 11) is 3.22. The number of ether oxygens (including phenoxy) is 2. The summed E-state index contributed by atoms with van der Waals surface area (Å²) in [6, 6.07) is 3.07. The summed E-state index contributed by atoms with van der Waals surface area (Å²) in [5.41, 5.74) is 2.81. The Hall–Kier alpha value is -1.41. The van der Waals surface area contributed by atoms with Crippen molar-refractivity contribution < 1.29 is 14.3 Å². The molecule has 0 aliphatic rings. The van der Waals surface area contributed by atoms with Crippen molar-refractivity contribution in [2.75, 3.05) is 45.9 Å². The minimum Gasteiger partial charge on any atom is -0.385 e. The first-order valence-corrected chi connectivity index (χ1v) is 6.91. The Balaban J connectivity index is 2.84. The molecule has 0 atom stereocenters. The number of aromatic nitrogens is 1. The summed E-state index contributed by atoms with van der Waals surface area (Å²) in [4.78, 5) is 18.2. The SMILES string of the molecule is COCCCN(CCOC)C(=O)c1cc(Cl)nc(NN)c1. The number of hydrazine groups is 1. The summed E-state index contributed by atoms with van der Waals surface area (Å²) in [6.07, 6.45) is 0.743. The number of nitrogens with zero attached hydrogens (tertiary/aromatic N) is 2. The lowest BCUT2D eigenvalue weighted by Crippen LogP contribution is -2.35. The van der Waals surface area contributed by atoms with E-state index in [0.29, 0.717) is 37.7 Å². The van der Waals surface area contributed by atoms with E-state index in [0.717, 1.165) is 6.42 Å². The third-order valence-electron chi connectivity index (χ3n) is 2.82. The standard InChI is InChI=1S/C13H21ClN4O3/c1-20-6-3-4-18(5-7-21-2)13(19)10-8-11(14)16-12(9-10)17-15/h8-9H,3-7,15H2,1-2H3,(H,16,17). The van der Waals surface area contributed by atoms with Crippen LogP contribution in [0.4, 0.5) is 5.82 Å². The van der Waals surface area contributed by atoms with Crippen LogP contribution in [0.1, 0.15) is 16.8 Å². The topological polar surface area (TPSA) is 89.7 Å². The van der Waals surface area contributed by atoms with E-state index in [-0.39, 0.29) is 11.1 Å². The first-order chi connectivity index (χ1) is 10.1. The fourth-order valence-corrected chi connectivity index (χ4v) is 2.00. The van der Waals surface area contributed by atoms with Gasteiger partial charge in [0.15, 0.2) is 0 Å². The molecule has 21 heavy (non-hydrogen) atoms. The number of hydrogen-bond acceptors (Lipinski definition) is 6. The molecule has 1 aromatic rings. The molecule has 0 saturated carbocycles. The van der Waals surface area contributed by atoms with Gasteiger partial charge in [0.2, 0.25) is 0 Å². The highest BCUT2D eigenvalue weighted by Crippen LogP contribution is 2.16. The number of nitrogens with two attached hydrogens (primary N) is 1. The molecular weight excluding hydrogens is 296 g/mol. The molecule has 0 aliphatic heterocycles. The summed E-state index contributed by atoms with van der Waals surface area (Å²) in [6.45, 7) is 2.11. The predicted octanol–water partition coefficient (Wildman–Crippen LogP) is 1.15. The van der Waals surface area contributed by atoms with Crippen LogP contribution in [0, 0.1) is 0 Å². The number of pyridine rings is 1. The van der Waals surface area contributed by atoms with Gasteiger partial charge < -0.3 is 19.8 Å². The molecule has 0 unspecified atom stereocenters. The number of amides is 1. The molecule has 118 valence electrons. The molecule has 0 aromatic carbocycles. The van der Waals surface area contributed by atoms with Gasteiger partial charge in [-0.3, -0.25) is 4.79 Å². The van der Waals surface area contributed by atoms with Gasteiger partial charge >= 0.3 is 0 Å². The monoisotopic (exact) mass is 316 g/mol. The van der Waals surface area contributed by atoms with Crippen LogP contribution in [0.15, 0.2) is 12.1 Å². The van der Waals surface area contributed by atoms with Crippen molar-refractivity contribution in [1.29, 1.82) is 0 Å². The van der Waals surface area contributed by atoms with Crippen LogP contribution in [-0.4, -0.2) is 56.3 Å². The summed E-state index contributed by atoms with van der Waals surface area (Å²) < 4.78 is 10.0. The van der Waals surface area contributed by atoms with Crippen molar-refractivity contribution in [3.8, 4) is 0 Å². The predicted molar refractivity (Wildman–Crippen MR) is 81.3 cm³/mol. The second kappa shape index (κ2) is 9.51. The van der Waals surface area contributed by atoms with Gasteiger partial charge in [0.1, 0.15) is 11.0 Å². The highest BCUT2D eigenvalue weighted by atomic mass is 35.5. The largest absolute Gasteiger partial charge is 0.385 e. The summed E-state index contributed by atoms with van der Waals surface area (Å²) in [5, 5.41) is 0.206. The first kappa shape index (κ1) is 17.6. The molecule has 0 radical (unpaired) electrons. The third-order valence-corrected chi connectivity index (χ3v) is 3.01. The lowest BCUT2D eigenvalue weighted by Gasteiger charge is -2.22. The molecule has 8 heteroatoms. The molecule has 1 heterocycles. The number of carbonyl (C=O) groups is 1. The van der Waals surface area contributed by atoms with Crippen molar-refractivity contribution >= 4 is 23.3 Å². The van der Waals surface area contributed by atoms with Gasteiger partial charge in [-0.2, -0.15) is 0 Å². The van der Waals surface area contributed by atoms with Crippen LogP contribution < -0.4 is 11.3 Å². The van der Waals surface area contributed by atoms with Crippen LogP contribution in [-0.2, 0) is 9.47 Å². The zero-order valence-corrected chi connectivity index (χ0v) is 13.0. The number of halogens is 1. The Bertz CT molecular complexity index is 459. The molecule has 1 aromatic heterocycles. The maximum absolute atomic E-state index is 12.5. The van der Waals surface area contributed by atoms with Crippen LogP contribution in [0.2, 0.25) is 5.15 Å². The van der Waals surface area contributed by atoms with Gasteiger partial charge in [0.05, 0.1) is 6.61 Å². The number of carbonyl (C=O) groups excluding carboxylic acids is 1. The van der Waals surface area contributed by atoms with Crippen LogP contribution in [0.3, 0.4) is 0 Å². The lowest BCUT2D eigenvalue weighted by molar-refractivity contribution is 0.0674. The second-order valence-corrected chi connectivity index (χ2v) is 4.73. The normalized spacial score (nSPS) is 10.5. The van der Waals surface area contributed by atoms with E-state index in [1.807, 2.05) is 0 Å². The molecule has 1 rings (SSSR count). The van der Waals surface area contributed by atoms with E-state index < -0.39 is 0 Å². The van der Waals surface area contributed by atoms with Crippen molar-refractivity contribution in [2.45, 2.75) is 6.42 Å². The van der Waals surface area contributed by atoms with Gasteiger partial charge in [-0.25, -0.2) is 10.8 Å². The number of anilines is 1. The Labute approximate surface area is 129 Å². The Kier molecular flexibility index (Phi) is 7.99. The summed E-state index contributed by atoms with van der Waals surface area (Å²) >= 11 is 5.89. The highest BCUT2D eigenvalue weighted by molar-refractivity contribution is 6.29. The van der Waals surface area contributed by atoms with Gasteiger partial charge in [0.25, 0.3) is 5.91 Å². The van der Waals surface area contributed by atoms with E-state index in [4.69, 9.17) is 26.9 Å². The number of nitrogen functional groups attached to an aromatic ring is 1. The highest BCUT2D eigenvalue weighted by Gasteiger charge is 2.17. The zero-order chi connectivity index (χ0) is 15.7. The molecular formula is C13H21ClN4O3. The maximum Gasteiger partial charge on any atom is 0.254 e. The molecule has 0 spiro atoms. The van der Waals surface area contributed by atoms with Crippen molar-refractivity contribution in [3.05, 3.63) is 22.8 Å². The fourth-order valence-electron chi connectivity index (χ4n) is 1.79. The fraction of sp³-hybridized carbons (Fsp3) is 0.538. The maximum atomic E-state index is 12.5. The number of hydrogen-bond donors (Lipinski definition) is 2. The van der Waals surface area contributed by atoms with Crippen LogP contribution >= 0.6 is 11.6 Å². The van der Waals surface area contributed by atoms with Crippen molar-refractivity contribution in [1.82, 2.24) is 9.88 Å². The Morgan fingerprint density at radius 1 is 1.33 bits per heavy atom. The van der Waals surface area contributed by atoms with Gasteiger partial charge in [-0.05, 0) is 18.6 Å². The Morgan fingerprint density at radius 2 is 2.05 bits per heavy atom. The average Bonchev–Trinajstić information content (AvgIpc) is 2.49. The first-order valence-electron chi connectivity index (χ1n) is 6.53. The van der Waals surface area contributed by atoms with Gasteiger partial charge in [-0.15, -0.1) is 0 Å². The minimum absolute atomic E-state index is 0.149. The quantitative estimate of drug-likeness (QED) is 0.307. The molecule has 1 amide bonds. The van der Waals surface area contributed by atoms with E-state index in [2.05, 4.69) is 10.4 Å². The average molecular weight is 317 g/mol. The Morgan fingerprint density at radius 3 is 2.67 bits per heavy atom. The van der Waals surface area contributed by atoms with Gasteiger partial charge in [0, 0.05) is 39.5 Å². The van der Waals surface area contributed by atoms with Gasteiger partial charge in [-0.1, -0.05) is 11.6 Å². The van der Waals surface area contributed by atoms with Crippen molar-refractivity contribution in [3.63, 3.8) is 0 Å². The van der Waals surface area contributed by atoms with E-state index in [1.54, 1.807) is 25.2 Å². The van der Waals surface area contributed by atoms with Crippen LogP contribution in [0.25, 0.3) is 0 Å². The molecule has 0 fully saturated rings. The van der Waals surface area contributed by atoms with E-state index >= 15 is 0 Å². The lowest BCUT2D eigenvalue weighted by atomic mass is 10.2. The van der Waals surface area contributed by atoms with Crippen LogP contribution in [0.5, 0.6) is 0 Å². The number of nitrogens with one attached hydrogen (secondary N) is 1. The molecule has 0 bridgehead atoms. The van der Waals surface area contributed by atoms with E-state index in [9.17, 15) is 4.79 Å². The van der Waals surface area contributed by atoms with Crippen molar-refractivity contribution in [2.24, 2.45) is 5.84 Å². The summed E-state index contributed by atoms with van der Waals surface area (Å²) in [5.74, 6) is 5.50. The molecule has 0 aliphatic carbocycles. The molecule has 0 saturated heterocycles. The minimum atomic E-state index is -0.149. The third kappa shape index (κ3) is 5.84. The zero-order valence-electron chi connectivity index (χ0n) is 12.3.